The number of aliphatic hydroxyl groups is 3. The van der Waals surface area contributed by atoms with Crippen molar-refractivity contribution in [1.82, 2.24) is 9.88 Å². The fraction of sp³-hybridized carbons (Fsp3) is 0.321. The number of benzene rings is 5. The Bertz CT molecular complexity index is 3010. The highest BCUT2D eigenvalue weighted by Crippen LogP contribution is 2.55. The lowest BCUT2D eigenvalue weighted by Crippen LogP contribution is -2.70. The number of aromatic hydroxyl groups is 2. The summed E-state index contributed by atoms with van der Waals surface area (Å²) in [4.78, 5) is 33.5. The van der Waals surface area contributed by atoms with Crippen molar-refractivity contribution >= 4 is 45.5 Å². The number of aromatic nitrogens is 1. The number of fused-ring (bicyclic) bond motifs is 11. The van der Waals surface area contributed by atoms with E-state index in [0.29, 0.717) is 33.4 Å². The largest absolute Gasteiger partial charge is 0.508 e. The van der Waals surface area contributed by atoms with E-state index in [1.54, 1.807) is 42.5 Å². The number of ether oxygens (including phenoxy) is 5. The molecule has 1 amide bonds. The fourth-order valence-electron chi connectivity index (χ4n) is 11.0. The van der Waals surface area contributed by atoms with Crippen LogP contribution >= 0.6 is 0 Å². The Morgan fingerprint density at radius 1 is 0.970 bits per heavy atom. The average Bonchev–Trinajstić information content (AvgIpc) is 4.07. The zero-order chi connectivity index (χ0) is 46.1. The van der Waals surface area contributed by atoms with E-state index in [2.05, 4.69) is 11.1 Å². The molecule has 8 atom stereocenters. The van der Waals surface area contributed by atoms with Gasteiger partial charge in [0, 0.05) is 40.2 Å². The summed E-state index contributed by atoms with van der Waals surface area (Å²) in [7, 11) is 1.50. The van der Waals surface area contributed by atoms with E-state index in [9.17, 15) is 30.3 Å². The number of aliphatic hydroxyl groups excluding tert-OH is 2. The number of aromatic amines is 1. The third kappa shape index (κ3) is 7.18. The van der Waals surface area contributed by atoms with Gasteiger partial charge in [-0.1, -0.05) is 73.2 Å². The molecule has 2 fully saturated rings. The molecular formula is C53H50N2O12. The summed E-state index contributed by atoms with van der Waals surface area (Å²) in [5.74, 6) is -0.816. The highest BCUT2D eigenvalue weighted by atomic mass is 16.7. The lowest BCUT2D eigenvalue weighted by atomic mass is 9.75. The minimum Gasteiger partial charge on any atom is -0.508 e. The molecular weight excluding hydrogens is 857 g/mol. The standard InChI is InChI=1S/C53H50N2O12/c1-63-42-21-37-35-17-16-29-10-7-14-32(29)44(35)46(40(58)24-55-23-30-9-2-3-12-33(30)51(55)61)48(60)45(37)49-36(42)18-19-41(38-22-54-39-15-5-4-13-34(38)39)64-26-43-47(59)50(53(62,27-56)52(66-43)67-49)65-25-28-8-6-11-31(57)20-28/h2-6,8-9,11-13,15-22,29,32,41,43,47,50,52,54,56-57,59-60,62H,7,10,14,23-27H2,1H3/b19-18+/t29-,32-,41-,43-,47-,50+,52-,53-/m1/s1. The second-order valence-electron chi connectivity index (χ2n) is 18.2. The van der Waals surface area contributed by atoms with Crippen molar-refractivity contribution in [3.05, 3.63) is 142 Å². The number of para-hydroxylation sites is 1. The molecule has 0 radical (unpaired) electrons. The quantitative estimate of drug-likeness (QED) is 0.0810. The first-order valence-electron chi connectivity index (χ1n) is 22.7. The maximum Gasteiger partial charge on any atom is 0.254 e. The predicted molar refractivity (Wildman–Crippen MR) is 247 cm³/mol. The third-order valence-electron chi connectivity index (χ3n) is 14.3. The number of Topliss-reactive ketones (excluding diaryl/α,β-unsaturated/α-hetero) is 1. The number of carbonyl (C=O) groups excluding carboxylic acids is 2. The molecule has 11 rings (SSSR count). The average molecular weight is 907 g/mol. The summed E-state index contributed by atoms with van der Waals surface area (Å²) in [6.45, 7) is -1.49. The smallest absolute Gasteiger partial charge is 0.254 e. The molecule has 5 aliphatic rings. The molecule has 2 aliphatic carbocycles. The lowest BCUT2D eigenvalue weighted by Gasteiger charge is -2.48. The topological polar surface area (TPSA) is 200 Å². The van der Waals surface area contributed by atoms with Gasteiger partial charge < -0.3 is 59.1 Å². The van der Waals surface area contributed by atoms with Crippen LogP contribution in [0, 0.1) is 5.92 Å². The van der Waals surface area contributed by atoms with E-state index in [0.717, 1.165) is 41.3 Å². The number of amides is 1. The molecule has 0 unspecified atom stereocenters. The van der Waals surface area contributed by atoms with Gasteiger partial charge in [0.1, 0.15) is 47.4 Å². The Labute approximate surface area is 385 Å². The van der Waals surface area contributed by atoms with E-state index in [-0.39, 0.29) is 77.8 Å². The van der Waals surface area contributed by atoms with Gasteiger partial charge in [0.15, 0.2) is 11.4 Å². The minimum absolute atomic E-state index is 0.0135. The number of nitrogens with zero attached hydrogens (tertiary/aromatic N) is 1. The van der Waals surface area contributed by atoms with Gasteiger partial charge in [-0.05, 0) is 83.3 Å². The van der Waals surface area contributed by atoms with E-state index in [1.807, 2.05) is 48.7 Å². The Morgan fingerprint density at radius 3 is 2.61 bits per heavy atom. The first-order valence-corrected chi connectivity index (χ1v) is 22.7. The van der Waals surface area contributed by atoms with Gasteiger partial charge in [-0.15, -0.1) is 0 Å². The van der Waals surface area contributed by atoms with Crippen LogP contribution in [0.5, 0.6) is 23.0 Å². The van der Waals surface area contributed by atoms with Crippen molar-refractivity contribution in [2.24, 2.45) is 5.92 Å². The fourth-order valence-corrected chi connectivity index (χ4v) is 11.0. The van der Waals surface area contributed by atoms with Crippen molar-refractivity contribution in [1.29, 1.82) is 0 Å². The summed E-state index contributed by atoms with van der Waals surface area (Å²) in [5, 5.41) is 60.5. The van der Waals surface area contributed by atoms with E-state index in [4.69, 9.17) is 23.7 Å². The van der Waals surface area contributed by atoms with Gasteiger partial charge >= 0.3 is 0 Å². The summed E-state index contributed by atoms with van der Waals surface area (Å²) < 4.78 is 32.4. The molecule has 6 aromatic rings. The number of H-pyrrole nitrogens is 1. The molecule has 2 bridgehead atoms. The van der Waals surface area contributed by atoms with Crippen molar-refractivity contribution in [3.8, 4) is 23.0 Å². The molecule has 3 aliphatic heterocycles. The summed E-state index contributed by atoms with van der Waals surface area (Å²) in [6, 6.07) is 23.1. The van der Waals surface area contributed by atoms with Crippen LogP contribution in [0.1, 0.15) is 85.4 Å². The van der Waals surface area contributed by atoms with Crippen LogP contribution in [0.4, 0.5) is 0 Å². The van der Waals surface area contributed by atoms with Gasteiger partial charge in [0.2, 0.25) is 6.29 Å². The van der Waals surface area contributed by atoms with Crippen molar-refractivity contribution in [2.75, 3.05) is 26.9 Å². The summed E-state index contributed by atoms with van der Waals surface area (Å²) in [5.41, 5.74) is 2.76. The monoisotopic (exact) mass is 906 g/mol. The lowest BCUT2D eigenvalue weighted by molar-refractivity contribution is -0.338. The highest BCUT2D eigenvalue weighted by molar-refractivity contribution is 6.14. The van der Waals surface area contributed by atoms with Gasteiger partial charge in [0.25, 0.3) is 5.91 Å². The number of hydrogen-bond acceptors (Lipinski definition) is 12. The zero-order valence-electron chi connectivity index (χ0n) is 36.6. The first kappa shape index (κ1) is 43.1. The molecule has 5 aromatic carbocycles. The molecule has 6 N–H and O–H groups in total. The normalized spacial score (nSPS) is 26.9. The first-order chi connectivity index (χ1) is 32.6. The number of carbonyl (C=O) groups is 2. The summed E-state index contributed by atoms with van der Waals surface area (Å²) >= 11 is 0. The number of ketones is 1. The maximum atomic E-state index is 15.0. The van der Waals surface area contributed by atoms with Crippen molar-refractivity contribution < 1.29 is 58.8 Å². The van der Waals surface area contributed by atoms with Crippen LogP contribution in [0.15, 0.2) is 97.2 Å². The number of allylic oxidation sites excluding steroid dienone is 1. The van der Waals surface area contributed by atoms with Crippen molar-refractivity contribution in [3.63, 3.8) is 0 Å². The molecule has 1 saturated carbocycles. The molecule has 14 nitrogen and oxygen atoms in total. The van der Waals surface area contributed by atoms with Crippen LogP contribution in [0.2, 0.25) is 0 Å². The van der Waals surface area contributed by atoms with Crippen LogP contribution in [0.3, 0.4) is 0 Å². The minimum atomic E-state index is -2.46. The van der Waals surface area contributed by atoms with Crippen LogP contribution in [-0.2, 0) is 27.4 Å². The molecule has 14 heteroatoms. The third-order valence-corrected chi connectivity index (χ3v) is 14.3. The molecule has 4 heterocycles. The Balaban J connectivity index is 1.11. The number of rotatable bonds is 9. The van der Waals surface area contributed by atoms with E-state index >= 15 is 4.79 Å². The second-order valence-corrected chi connectivity index (χ2v) is 18.2. The number of hydrogen-bond donors (Lipinski definition) is 6. The maximum absolute atomic E-state index is 15.0. The Hall–Kier alpha value is -6.52. The summed E-state index contributed by atoms with van der Waals surface area (Å²) in [6.07, 6.45) is 5.17. The molecule has 67 heavy (non-hydrogen) atoms. The number of nitrogens with one attached hydrogen (secondary N) is 1. The number of methoxy groups -OCH3 is 1. The number of phenols is 2. The van der Waals surface area contributed by atoms with Crippen LogP contribution < -0.4 is 9.47 Å². The predicted octanol–water partition coefficient (Wildman–Crippen LogP) is 7.05. The van der Waals surface area contributed by atoms with Gasteiger partial charge in [-0.25, -0.2) is 0 Å². The van der Waals surface area contributed by atoms with Gasteiger partial charge in [-0.3, -0.25) is 9.59 Å². The SMILES string of the molecule is COc1cc2c3c(c(C(=O)CN4Cc5ccccc5C4=O)c(O)c2c2c1/C=C/[C@H](c1c[nH]c4ccccc14)OC[C@H]1O[C@H](O2)[C@@](O)(CO)[C@@H](OCc2cccc(O)c2)[C@@H]1O)[C@@H]1CCC[C@@H]1C=C3. The molecule has 1 aromatic heterocycles. The second kappa shape index (κ2) is 17.0. The molecule has 0 spiro atoms. The molecule has 1 saturated heterocycles. The Morgan fingerprint density at radius 2 is 1.79 bits per heavy atom. The van der Waals surface area contributed by atoms with Crippen LogP contribution in [0.25, 0.3) is 33.8 Å². The zero-order valence-corrected chi connectivity index (χ0v) is 36.6. The van der Waals surface area contributed by atoms with E-state index in [1.165, 1.54) is 24.1 Å². The van der Waals surface area contributed by atoms with Gasteiger partial charge in [-0.2, -0.15) is 0 Å². The van der Waals surface area contributed by atoms with Gasteiger partial charge in [0.05, 0.1) is 50.0 Å². The highest BCUT2D eigenvalue weighted by Gasteiger charge is 2.58. The van der Waals surface area contributed by atoms with Crippen molar-refractivity contribution in [2.45, 2.75) is 74.6 Å². The Kier molecular flexibility index (Phi) is 10.9. The van der Waals surface area contributed by atoms with E-state index < -0.39 is 48.7 Å². The number of phenolic OH excluding ortho intramolecular Hbond substituents is 2. The van der Waals surface area contributed by atoms with Crippen LogP contribution in [-0.4, -0.2) is 104 Å². The molecule has 344 valence electrons.